The van der Waals surface area contributed by atoms with E-state index in [1.165, 1.54) is 4.57 Å². The van der Waals surface area contributed by atoms with Crippen molar-refractivity contribution in [3.8, 4) is 0 Å². The highest BCUT2D eigenvalue weighted by molar-refractivity contribution is 6.07. The summed E-state index contributed by atoms with van der Waals surface area (Å²) in [5, 5.41) is 4.31. The molecule has 0 aliphatic heterocycles. The Hall–Kier alpha value is -2.73. The SMILES string of the molecule is Cc1cccc2cc3c(=O)n(C)cc(C(=O)NCCN(C)C(C)C)c3nc12. The Morgan fingerprint density at radius 3 is 2.74 bits per heavy atom. The quantitative estimate of drug-likeness (QED) is 0.705. The van der Waals surface area contributed by atoms with Crippen molar-refractivity contribution in [2.75, 3.05) is 20.1 Å². The fourth-order valence-corrected chi connectivity index (χ4v) is 3.08. The van der Waals surface area contributed by atoms with Crippen LogP contribution in [0.15, 0.2) is 35.3 Å². The van der Waals surface area contributed by atoms with Crippen LogP contribution in [0.3, 0.4) is 0 Å². The van der Waals surface area contributed by atoms with Gasteiger partial charge in [0.15, 0.2) is 0 Å². The van der Waals surface area contributed by atoms with Crippen LogP contribution in [0.25, 0.3) is 21.8 Å². The van der Waals surface area contributed by atoms with E-state index in [2.05, 4.69) is 29.0 Å². The summed E-state index contributed by atoms with van der Waals surface area (Å²) in [7, 11) is 3.68. The van der Waals surface area contributed by atoms with Gasteiger partial charge in [0.05, 0.1) is 22.0 Å². The van der Waals surface area contributed by atoms with E-state index in [4.69, 9.17) is 0 Å². The van der Waals surface area contributed by atoms with Crippen molar-refractivity contribution in [1.82, 2.24) is 19.8 Å². The molecule has 2 aromatic heterocycles. The second kappa shape index (κ2) is 7.48. The number of pyridine rings is 2. The molecule has 0 fully saturated rings. The first-order valence-electron chi connectivity index (χ1n) is 9.17. The third-order valence-electron chi connectivity index (χ3n) is 5.05. The number of hydrogen-bond donors (Lipinski definition) is 1. The van der Waals surface area contributed by atoms with Crippen molar-refractivity contribution < 1.29 is 4.79 Å². The van der Waals surface area contributed by atoms with Gasteiger partial charge in [-0.2, -0.15) is 0 Å². The number of nitrogens with one attached hydrogen (secondary N) is 1. The Kier molecular flexibility index (Phi) is 5.28. The molecule has 6 nitrogen and oxygen atoms in total. The van der Waals surface area contributed by atoms with Crippen molar-refractivity contribution in [3.05, 3.63) is 51.9 Å². The molecule has 0 saturated heterocycles. The molecule has 6 heteroatoms. The lowest BCUT2D eigenvalue weighted by Gasteiger charge is -2.21. The van der Waals surface area contributed by atoms with Crippen molar-refractivity contribution in [1.29, 1.82) is 0 Å². The molecule has 0 aliphatic carbocycles. The van der Waals surface area contributed by atoms with Crippen molar-refractivity contribution >= 4 is 27.7 Å². The van der Waals surface area contributed by atoms with Crippen LogP contribution in [0.1, 0.15) is 29.8 Å². The normalized spacial score (nSPS) is 11.7. The van der Waals surface area contributed by atoms with Crippen molar-refractivity contribution in [2.45, 2.75) is 26.8 Å². The van der Waals surface area contributed by atoms with Gasteiger partial charge in [0.1, 0.15) is 0 Å². The Labute approximate surface area is 158 Å². The lowest BCUT2D eigenvalue weighted by molar-refractivity contribution is 0.0949. The standard InChI is InChI=1S/C21H26N4O2/c1-13(2)24(4)10-9-22-20(26)17-12-25(5)21(27)16-11-15-8-6-7-14(3)18(15)23-19(16)17/h6-8,11-13H,9-10H2,1-5H3,(H,22,26). The third kappa shape index (κ3) is 3.71. The molecule has 142 valence electrons. The van der Waals surface area contributed by atoms with Gasteiger partial charge in [0.25, 0.3) is 11.5 Å². The first-order valence-corrected chi connectivity index (χ1v) is 9.17. The summed E-state index contributed by atoms with van der Waals surface area (Å²) in [5.41, 5.74) is 2.54. The number of likely N-dealkylation sites (N-methyl/N-ethyl adjacent to an activating group) is 1. The maximum Gasteiger partial charge on any atom is 0.259 e. The molecular weight excluding hydrogens is 340 g/mol. The van der Waals surface area contributed by atoms with E-state index in [0.29, 0.717) is 29.1 Å². The molecule has 3 aromatic rings. The highest BCUT2D eigenvalue weighted by atomic mass is 16.2. The van der Waals surface area contributed by atoms with Gasteiger partial charge in [-0.15, -0.1) is 0 Å². The number of carbonyl (C=O) groups is 1. The first-order chi connectivity index (χ1) is 12.8. The van der Waals surface area contributed by atoms with Crippen LogP contribution in [0.4, 0.5) is 0 Å². The van der Waals surface area contributed by atoms with Crippen molar-refractivity contribution in [3.63, 3.8) is 0 Å². The number of para-hydroxylation sites is 1. The van der Waals surface area contributed by atoms with Gasteiger partial charge in [-0.25, -0.2) is 4.98 Å². The van der Waals surface area contributed by atoms with E-state index in [9.17, 15) is 9.59 Å². The average molecular weight is 366 g/mol. The second-order valence-corrected chi connectivity index (χ2v) is 7.32. The maximum absolute atomic E-state index is 12.8. The Bertz CT molecular complexity index is 1070. The predicted molar refractivity (Wildman–Crippen MR) is 109 cm³/mol. The van der Waals surface area contributed by atoms with E-state index in [1.807, 2.05) is 38.2 Å². The highest BCUT2D eigenvalue weighted by Crippen LogP contribution is 2.22. The molecule has 2 heterocycles. The van der Waals surface area contributed by atoms with Gasteiger partial charge < -0.3 is 14.8 Å². The molecule has 3 rings (SSSR count). The number of amides is 1. The largest absolute Gasteiger partial charge is 0.351 e. The Balaban J connectivity index is 2.04. The molecule has 0 saturated carbocycles. The van der Waals surface area contributed by atoms with Crippen LogP contribution < -0.4 is 10.9 Å². The molecule has 1 N–H and O–H groups in total. The molecule has 0 bridgehead atoms. The Morgan fingerprint density at radius 1 is 1.30 bits per heavy atom. The lowest BCUT2D eigenvalue weighted by Crippen LogP contribution is -2.36. The summed E-state index contributed by atoms with van der Waals surface area (Å²) in [4.78, 5) is 32.3. The van der Waals surface area contributed by atoms with Crippen LogP contribution in [-0.2, 0) is 7.05 Å². The van der Waals surface area contributed by atoms with Gasteiger partial charge in [0.2, 0.25) is 0 Å². The number of nitrogens with zero attached hydrogens (tertiary/aromatic N) is 3. The van der Waals surface area contributed by atoms with Gasteiger partial charge in [-0.3, -0.25) is 9.59 Å². The number of benzene rings is 1. The summed E-state index contributed by atoms with van der Waals surface area (Å²) in [6.07, 6.45) is 1.57. The van der Waals surface area contributed by atoms with E-state index >= 15 is 0 Å². The number of hydrogen-bond acceptors (Lipinski definition) is 4. The van der Waals surface area contributed by atoms with E-state index in [1.54, 1.807) is 13.2 Å². The van der Waals surface area contributed by atoms with Crippen molar-refractivity contribution in [2.24, 2.45) is 7.05 Å². The molecular formula is C21H26N4O2. The first kappa shape index (κ1) is 19.0. The van der Waals surface area contributed by atoms with Crippen LogP contribution >= 0.6 is 0 Å². The zero-order chi connectivity index (χ0) is 19.7. The summed E-state index contributed by atoms with van der Waals surface area (Å²) in [6.45, 7) is 7.48. The average Bonchev–Trinajstić information content (AvgIpc) is 2.63. The highest BCUT2D eigenvalue weighted by Gasteiger charge is 2.16. The lowest BCUT2D eigenvalue weighted by atomic mass is 10.1. The molecule has 0 spiro atoms. The number of aromatic nitrogens is 2. The fourth-order valence-electron chi connectivity index (χ4n) is 3.08. The van der Waals surface area contributed by atoms with Gasteiger partial charge in [0, 0.05) is 37.8 Å². The third-order valence-corrected chi connectivity index (χ3v) is 5.05. The van der Waals surface area contributed by atoms with E-state index < -0.39 is 0 Å². The summed E-state index contributed by atoms with van der Waals surface area (Å²) in [6, 6.07) is 8.09. The van der Waals surface area contributed by atoms with Crippen LogP contribution in [0.5, 0.6) is 0 Å². The molecule has 0 atom stereocenters. The molecule has 1 aromatic carbocycles. The number of fused-ring (bicyclic) bond motifs is 2. The van der Waals surface area contributed by atoms with Gasteiger partial charge in [-0.05, 0) is 39.4 Å². The zero-order valence-electron chi connectivity index (χ0n) is 16.5. The number of aryl methyl sites for hydroxylation is 2. The van der Waals surface area contributed by atoms with E-state index in [0.717, 1.165) is 23.0 Å². The molecule has 0 aliphatic rings. The monoisotopic (exact) mass is 366 g/mol. The zero-order valence-corrected chi connectivity index (χ0v) is 16.5. The van der Waals surface area contributed by atoms with Gasteiger partial charge in [-0.1, -0.05) is 18.2 Å². The summed E-state index contributed by atoms with van der Waals surface area (Å²) in [5.74, 6) is -0.215. The van der Waals surface area contributed by atoms with Gasteiger partial charge >= 0.3 is 0 Å². The fraction of sp³-hybridized carbons (Fsp3) is 0.381. The predicted octanol–water partition coefficient (Wildman–Crippen LogP) is 2.47. The number of carbonyl (C=O) groups excluding carboxylic acids is 1. The van der Waals surface area contributed by atoms with Crippen LogP contribution in [-0.4, -0.2) is 46.5 Å². The van der Waals surface area contributed by atoms with Crippen LogP contribution in [0.2, 0.25) is 0 Å². The van der Waals surface area contributed by atoms with Crippen LogP contribution in [0, 0.1) is 6.92 Å². The minimum Gasteiger partial charge on any atom is -0.351 e. The number of rotatable bonds is 5. The topological polar surface area (TPSA) is 67.2 Å². The smallest absolute Gasteiger partial charge is 0.259 e. The summed E-state index contributed by atoms with van der Waals surface area (Å²) >= 11 is 0. The second-order valence-electron chi connectivity index (χ2n) is 7.32. The molecule has 27 heavy (non-hydrogen) atoms. The molecule has 1 amide bonds. The molecule has 0 radical (unpaired) electrons. The molecule has 0 unspecified atom stereocenters. The van der Waals surface area contributed by atoms with E-state index in [-0.39, 0.29) is 11.5 Å². The summed E-state index contributed by atoms with van der Waals surface area (Å²) < 4.78 is 1.45. The minimum atomic E-state index is -0.215. The minimum absolute atomic E-state index is 0.156. The maximum atomic E-state index is 12.8. The Morgan fingerprint density at radius 2 is 2.04 bits per heavy atom.